The minimum atomic E-state index is -0.412. The molecule has 98 valence electrons. The number of hydrogen-bond acceptors (Lipinski definition) is 3. The Labute approximate surface area is 103 Å². The van der Waals surface area contributed by atoms with Gasteiger partial charge in [-0.25, -0.2) is 4.79 Å². The zero-order valence-electron chi connectivity index (χ0n) is 11.2. The summed E-state index contributed by atoms with van der Waals surface area (Å²) in [4.78, 5) is 13.7. The molecule has 0 radical (unpaired) electrons. The van der Waals surface area contributed by atoms with E-state index in [1.165, 1.54) is 12.8 Å². The van der Waals surface area contributed by atoms with Crippen molar-refractivity contribution in [1.82, 2.24) is 4.90 Å². The summed E-state index contributed by atoms with van der Waals surface area (Å²) in [6.07, 6.45) is 4.16. The summed E-state index contributed by atoms with van der Waals surface area (Å²) in [5.74, 6) is 0.697. The van der Waals surface area contributed by atoms with Crippen molar-refractivity contribution >= 4 is 6.09 Å². The van der Waals surface area contributed by atoms with Gasteiger partial charge in [-0.15, -0.1) is 0 Å². The molecule has 0 unspecified atom stereocenters. The van der Waals surface area contributed by atoms with Crippen LogP contribution in [0, 0.1) is 5.92 Å². The maximum atomic E-state index is 11.9. The highest BCUT2D eigenvalue weighted by molar-refractivity contribution is 5.68. The molecule has 2 N–H and O–H groups in total. The summed E-state index contributed by atoms with van der Waals surface area (Å²) < 4.78 is 5.37. The highest BCUT2D eigenvalue weighted by Gasteiger charge is 2.44. The van der Waals surface area contributed by atoms with Crippen LogP contribution in [0.3, 0.4) is 0 Å². The Morgan fingerprint density at radius 3 is 2.24 bits per heavy atom. The van der Waals surface area contributed by atoms with Gasteiger partial charge in [-0.2, -0.15) is 0 Å². The summed E-state index contributed by atoms with van der Waals surface area (Å²) in [5.41, 5.74) is 5.95. The Bertz CT molecular complexity index is 297. The largest absolute Gasteiger partial charge is 0.444 e. The molecule has 0 aromatic heterocycles. The molecule has 1 saturated heterocycles. The van der Waals surface area contributed by atoms with Crippen LogP contribution in [0.25, 0.3) is 0 Å². The maximum Gasteiger partial charge on any atom is 0.410 e. The van der Waals surface area contributed by atoms with E-state index in [2.05, 4.69) is 0 Å². The van der Waals surface area contributed by atoms with Crippen LogP contribution >= 0.6 is 0 Å². The predicted octanol–water partition coefficient (Wildman–Crippen LogP) is 2.12. The van der Waals surface area contributed by atoms with E-state index < -0.39 is 5.60 Å². The number of piperidine rings is 1. The second-order valence-electron chi connectivity index (χ2n) is 6.47. The maximum absolute atomic E-state index is 11.9. The number of hydrogen-bond donors (Lipinski definition) is 1. The van der Waals surface area contributed by atoms with Crippen molar-refractivity contribution in [2.24, 2.45) is 11.7 Å². The van der Waals surface area contributed by atoms with Crippen molar-refractivity contribution in [3.05, 3.63) is 0 Å². The van der Waals surface area contributed by atoms with Crippen LogP contribution in [-0.2, 0) is 4.74 Å². The molecule has 1 aliphatic carbocycles. The predicted molar refractivity (Wildman–Crippen MR) is 66.7 cm³/mol. The molecule has 4 heteroatoms. The summed E-state index contributed by atoms with van der Waals surface area (Å²) >= 11 is 0. The van der Waals surface area contributed by atoms with Crippen molar-refractivity contribution < 1.29 is 9.53 Å². The lowest BCUT2D eigenvalue weighted by atomic mass is 9.84. The molecule has 2 fully saturated rings. The quantitative estimate of drug-likeness (QED) is 0.764. The van der Waals surface area contributed by atoms with Gasteiger partial charge in [0.2, 0.25) is 0 Å². The Morgan fingerprint density at radius 1 is 1.29 bits per heavy atom. The summed E-state index contributed by atoms with van der Waals surface area (Å²) in [7, 11) is 0. The zero-order valence-corrected chi connectivity index (χ0v) is 11.2. The lowest BCUT2D eigenvalue weighted by molar-refractivity contribution is 0.0157. The molecule has 0 aromatic rings. The van der Waals surface area contributed by atoms with Crippen molar-refractivity contribution in [3.63, 3.8) is 0 Å². The Hall–Kier alpha value is -0.770. The Morgan fingerprint density at radius 2 is 1.82 bits per heavy atom. The first-order valence-electron chi connectivity index (χ1n) is 6.57. The van der Waals surface area contributed by atoms with E-state index in [4.69, 9.17) is 10.5 Å². The van der Waals surface area contributed by atoms with Crippen LogP contribution in [0.4, 0.5) is 4.79 Å². The van der Waals surface area contributed by atoms with E-state index in [0.717, 1.165) is 25.9 Å². The molecular weight excluding hydrogens is 216 g/mol. The van der Waals surface area contributed by atoms with Crippen LogP contribution in [0.2, 0.25) is 0 Å². The monoisotopic (exact) mass is 240 g/mol. The molecule has 2 aliphatic rings. The smallest absolute Gasteiger partial charge is 0.410 e. The van der Waals surface area contributed by atoms with E-state index in [9.17, 15) is 4.79 Å². The van der Waals surface area contributed by atoms with Crippen LogP contribution in [0.1, 0.15) is 46.5 Å². The summed E-state index contributed by atoms with van der Waals surface area (Å²) in [6, 6.07) is 0. The standard InChI is InChI=1S/C13H24N2O2/c1-12(2,3)17-11(16)15-8-6-13(14,7-9-15)10-4-5-10/h10H,4-9,14H2,1-3H3. The molecule has 0 bridgehead atoms. The third-order valence-corrected chi connectivity index (χ3v) is 3.74. The molecule has 0 spiro atoms. The molecular formula is C13H24N2O2. The van der Waals surface area contributed by atoms with E-state index in [0.29, 0.717) is 5.92 Å². The number of ether oxygens (including phenoxy) is 1. The van der Waals surface area contributed by atoms with E-state index >= 15 is 0 Å². The highest BCUT2D eigenvalue weighted by Crippen LogP contribution is 2.43. The minimum Gasteiger partial charge on any atom is -0.444 e. The van der Waals surface area contributed by atoms with Gasteiger partial charge in [0.25, 0.3) is 0 Å². The fourth-order valence-electron chi connectivity index (χ4n) is 2.50. The molecule has 1 amide bonds. The first-order chi connectivity index (χ1) is 7.80. The number of nitrogens with zero attached hydrogens (tertiary/aromatic N) is 1. The van der Waals surface area contributed by atoms with E-state index in [1.54, 1.807) is 4.90 Å². The fraction of sp³-hybridized carbons (Fsp3) is 0.923. The van der Waals surface area contributed by atoms with Gasteiger partial charge in [-0.1, -0.05) is 0 Å². The van der Waals surface area contributed by atoms with Crippen molar-refractivity contribution in [3.8, 4) is 0 Å². The molecule has 0 atom stereocenters. The highest BCUT2D eigenvalue weighted by atomic mass is 16.6. The number of carbonyl (C=O) groups is 1. The van der Waals surface area contributed by atoms with Gasteiger partial charge >= 0.3 is 6.09 Å². The molecule has 17 heavy (non-hydrogen) atoms. The van der Waals surface area contributed by atoms with Crippen LogP contribution in [0.15, 0.2) is 0 Å². The van der Waals surface area contributed by atoms with Gasteiger partial charge in [0.05, 0.1) is 0 Å². The topological polar surface area (TPSA) is 55.6 Å². The third-order valence-electron chi connectivity index (χ3n) is 3.74. The van der Waals surface area contributed by atoms with Crippen molar-refractivity contribution in [2.45, 2.75) is 57.6 Å². The number of rotatable bonds is 1. The first-order valence-corrected chi connectivity index (χ1v) is 6.57. The van der Waals surface area contributed by atoms with Crippen LogP contribution in [-0.4, -0.2) is 35.2 Å². The molecule has 0 aromatic carbocycles. The van der Waals surface area contributed by atoms with Gasteiger partial charge in [0.1, 0.15) is 5.60 Å². The first kappa shape index (κ1) is 12.7. The number of amides is 1. The molecule has 2 rings (SSSR count). The normalized spacial score (nSPS) is 24.6. The number of nitrogens with two attached hydrogens (primary N) is 1. The number of carbonyl (C=O) groups excluding carboxylic acids is 1. The lowest BCUT2D eigenvalue weighted by Crippen LogP contribution is -2.53. The second-order valence-corrected chi connectivity index (χ2v) is 6.47. The summed E-state index contributed by atoms with van der Waals surface area (Å²) in [6.45, 7) is 7.16. The lowest BCUT2D eigenvalue weighted by Gasteiger charge is -2.39. The average molecular weight is 240 g/mol. The minimum absolute atomic E-state index is 0.0154. The van der Waals surface area contributed by atoms with Gasteiger partial charge in [-0.05, 0) is 52.4 Å². The van der Waals surface area contributed by atoms with Gasteiger partial charge < -0.3 is 15.4 Å². The zero-order chi connectivity index (χ0) is 12.7. The molecule has 1 aliphatic heterocycles. The molecule has 4 nitrogen and oxygen atoms in total. The summed E-state index contributed by atoms with van der Waals surface area (Å²) in [5, 5.41) is 0. The third kappa shape index (κ3) is 3.12. The van der Waals surface area contributed by atoms with Gasteiger partial charge in [0, 0.05) is 18.6 Å². The number of likely N-dealkylation sites (tertiary alicyclic amines) is 1. The fourth-order valence-corrected chi connectivity index (χ4v) is 2.50. The van der Waals surface area contributed by atoms with Gasteiger partial charge in [-0.3, -0.25) is 0 Å². The Kier molecular flexibility index (Phi) is 3.10. The van der Waals surface area contributed by atoms with E-state index in [-0.39, 0.29) is 11.6 Å². The second kappa shape index (κ2) is 4.16. The van der Waals surface area contributed by atoms with Crippen molar-refractivity contribution in [1.29, 1.82) is 0 Å². The van der Waals surface area contributed by atoms with E-state index in [1.807, 2.05) is 20.8 Å². The molecule has 1 heterocycles. The van der Waals surface area contributed by atoms with Crippen LogP contribution in [0.5, 0.6) is 0 Å². The van der Waals surface area contributed by atoms with Crippen LogP contribution < -0.4 is 5.73 Å². The average Bonchev–Trinajstić information content (AvgIpc) is 2.98. The van der Waals surface area contributed by atoms with Gasteiger partial charge in [0.15, 0.2) is 0 Å². The SMILES string of the molecule is CC(C)(C)OC(=O)N1CCC(N)(C2CC2)CC1. The molecule has 1 saturated carbocycles. The Balaban J connectivity index is 1.84. The van der Waals surface area contributed by atoms with Crippen molar-refractivity contribution in [2.75, 3.05) is 13.1 Å².